The quantitative estimate of drug-likeness (QED) is 0.451. The van der Waals surface area contributed by atoms with Crippen LogP contribution in [0.2, 0.25) is 0 Å². The number of aromatic nitrogens is 5. The summed E-state index contributed by atoms with van der Waals surface area (Å²) in [6.45, 7) is 3.33. The number of nitrogens with one attached hydrogen (secondary N) is 1. The summed E-state index contributed by atoms with van der Waals surface area (Å²) < 4.78 is 13.9. The second-order valence-corrected chi connectivity index (χ2v) is 9.04. The summed E-state index contributed by atoms with van der Waals surface area (Å²) in [4.78, 5) is 36.2. The van der Waals surface area contributed by atoms with Gasteiger partial charge in [0.1, 0.15) is 11.5 Å². The predicted octanol–water partition coefficient (Wildman–Crippen LogP) is 4.39. The number of pyridine rings is 1. The van der Waals surface area contributed by atoms with Gasteiger partial charge in [-0.05, 0) is 55.9 Å². The lowest BCUT2D eigenvalue weighted by Gasteiger charge is -2.33. The molecule has 4 aromatic rings. The number of likely N-dealkylation sites (tertiary alicyclic amines) is 1. The highest BCUT2D eigenvalue weighted by atomic mass is 19.1. The van der Waals surface area contributed by atoms with Crippen molar-refractivity contribution in [3.05, 3.63) is 95.2 Å². The van der Waals surface area contributed by atoms with Crippen LogP contribution in [0.5, 0.6) is 0 Å². The molecule has 7 nitrogen and oxygen atoms in total. The Morgan fingerprint density at radius 1 is 1.09 bits per heavy atom. The molecular weight excluding hydrogens is 443 g/mol. The number of amides is 1. The molecule has 0 spiro atoms. The van der Waals surface area contributed by atoms with Gasteiger partial charge in [-0.3, -0.25) is 14.8 Å². The van der Waals surface area contributed by atoms with Crippen molar-refractivity contribution in [1.29, 1.82) is 0 Å². The number of hydrogen-bond donors (Lipinski definition) is 1. The highest BCUT2D eigenvalue weighted by Gasteiger charge is 2.26. The molecular formula is C27H27FN6O. The Hall–Kier alpha value is -3.94. The number of hydrogen-bond acceptors (Lipinski definition) is 5. The zero-order valence-corrected chi connectivity index (χ0v) is 19.6. The maximum Gasteiger partial charge on any atom is 0.255 e. The molecule has 1 saturated heterocycles. The molecule has 8 heteroatoms. The van der Waals surface area contributed by atoms with Crippen molar-refractivity contribution in [3.8, 4) is 11.5 Å². The summed E-state index contributed by atoms with van der Waals surface area (Å²) >= 11 is 0. The van der Waals surface area contributed by atoms with Crippen molar-refractivity contribution in [3.63, 3.8) is 0 Å². The number of benzene rings is 1. The average Bonchev–Trinajstić information content (AvgIpc) is 3.32. The summed E-state index contributed by atoms with van der Waals surface area (Å²) in [6.07, 6.45) is 9.84. The minimum absolute atomic E-state index is 0.0272. The fourth-order valence-corrected chi connectivity index (χ4v) is 4.61. The van der Waals surface area contributed by atoms with E-state index in [0.29, 0.717) is 24.1 Å². The Kier molecular flexibility index (Phi) is 6.61. The Morgan fingerprint density at radius 2 is 1.94 bits per heavy atom. The molecule has 1 N–H and O–H groups in total. The first-order valence-electron chi connectivity index (χ1n) is 11.9. The molecule has 0 unspecified atom stereocenters. The van der Waals surface area contributed by atoms with Crippen LogP contribution >= 0.6 is 0 Å². The van der Waals surface area contributed by atoms with Crippen LogP contribution < -0.4 is 0 Å². The molecule has 178 valence electrons. The van der Waals surface area contributed by atoms with Crippen molar-refractivity contribution >= 4 is 5.91 Å². The predicted molar refractivity (Wildman–Crippen MR) is 130 cm³/mol. The Labute approximate surface area is 203 Å². The van der Waals surface area contributed by atoms with Crippen molar-refractivity contribution in [2.24, 2.45) is 5.92 Å². The number of carbonyl (C=O) groups is 1. The van der Waals surface area contributed by atoms with Gasteiger partial charge in [0, 0.05) is 55.7 Å². The van der Waals surface area contributed by atoms with Crippen molar-refractivity contribution < 1.29 is 9.18 Å². The van der Waals surface area contributed by atoms with Crippen LogP contribution in [0.15, 0.2) is 61.2 Å². The minimum Gasteiger partial charge on any atom is -0.341 e. The fraction of sp³-hybridized carbons (Fsp3) is 0.296. The molecule has 1 fully saturated rings. The lowest BCUT2D eigenvalue weighted by atomic mass is 9.92. The summed E-state index contributed by atoms with van der Waals surface area (Å²) in [5.74, 6) is 0.728. The topological polar surface area (TPSA) is 87.7 Å². The first-order chi connectivity index (χ1) is 17.1. The third kappa shape index (κ3) is 5.26. The van der Waals surface area contributed by atoms with Gasteiger partial charge < -0.3 is 9.88 Å². The zero-order chi connectivity index (χ0) is 24.2. The number of rotatable bonds is 6. The lowest BCUT2D eigenvalue weighted by molar-refractivity contribution is 0.0672. The van der Waals surface area contributed by atoms with Crippen molar-refractivity contribution in [2.45, 2.75) is 32.6 Å². The molecule has 35 heavy (non-hydrogen) atoms. The number of imidazole rings is 1. The number of nitrogens with zero attached hydrogens (tertiary/aromatic N) is 5. The maximum atomic E-state index is 13.9. The second-order valence-electron chi connectivity index (χ2n) is 9.04. The van der Waals surface area contributed by atoms with E-state index in [1.54, 1.807) is 49.1 Å². The standard InChI is InChI=1S/C27H27FN6O/c1-18-15-32-26(33-18)25-24(29-10-11-30-25)13-19-5-4-12-34(17-19)27(35)21-8-9-22(31-16-21)14-20-6-2-3-7-23(20)28/h2-3,6-11,15-16,19H,4-5,12-14,17H2,1H3,(H,32,33)/t19-/m1/s1. The van der Waals surface area contributed by atoms with Crippen LogP contribution in [-0.2, 0) is 12.8 Å². The third-order valence-corrected chi connectivity index (χ3v) is 6.39. The van der Waals surface area contributed by atoms with E-state index >= 15 is 0 Å². The summed E-state index contributed by atoms with van der Waals surface area (Å²) in [7, 11) is 0. The van der Waals surface area contributed by atoms with E-state index in [1.807, 2.05) is 17.9 Å². The zero-order valence-electron chi connectivity index (χ0n) is 19.6. The molecule has 0 saturated carbocycles. The summed E-state index contributed by atoms with van der Waals surface area (Å²) in [6, 6.07) is 10.3. The highest BCUT2D eigenvalue weighted by Crippen LogP contribution is 2.25. The summed E-state index contributed by atoms with van der Waals surface area (Å²) in [5, 5.41) is 0. The number of H-pyrrole nitrogens is 1. The van der Waals surface area contributed by atoms with Crippen LogP contribution in [0, 0.1) is 18.7 Å². The SMILES string of the molecule is Cc1cnc(-c2nccnc2C[C@H]2CCCN(C(=O)c3ccc(Cc4ccccc4F)nc3)C2)[nH]1. The van der Waals surface area contributed by atoms with Crippen LogP contribution in [0.25, 0.3) is 11.5 Å². The van der Waals surface area contributed by atoms with E-state index in [4.69, 9.17) is 0 Å². The Bertz CT molecular complexity index is 1320. The van der Waals surface area contributed by atoms with Gasteiger partial charge in [0.15, 0.2) is 5.82 Å². The van der Waals surface area contributed by atoms with Gasteiger partial charge in [0.25, 0.3) is 5.91 Å². The van der Waals surface area contributed by atoms with E-state index < -0.39 is 0 Å². The average molecular weight is 471 g/mol. The summed E-state index contributed by atoms with van der Waals surface area (Å²) in [5.41, 5.74) is 4.49. The van der Waals surface area contributed by atoms with Gasteiger partial charge >= 0.3 is 0 Å². The maximum absolute atomic E-state index is 13.9. The molecule has 5 rings (SSSR count). The smallest absolute Gasteiger partial charge is 0.255 e. The number of aromatic amines is 1. The second kappa shape index (κ2) is 10.1. The minimum atomic E-state index is -0.248. The first kappa shape index (κ1) is 22.8. The molecule has 0 aliphatic carbocycles. The number of aryl methyl sites for hydroxylation is 1. The molecule has 0 radical (unpaired) electrons. The first-order valence-corrected chi connectivity index (χ1v) is 11.9. The molecule has 1 atom stereocenters. The number of carbonyl (C=O) groups excluding carboxylic acids is 1. The van der Waals surface area contributed by atoms with E-state index in [9.17, 15) is 9.18 Å². The van der Waals surface area contributed by atoms with Crippen molar-refractivity contribution in [1.82, 2.24) is 29.8 Å². The Morgan fingerprint density at radius 3 is 2.71 bits per heavy atom. The monoisotopic (exact) mass is 470 g/mol. The molecule has 1 amide bonds. The Balaban J connectivity index is 1.25. The van der Waals surface area contributed by atoms with E-state index in [1.165, 1.54) is 6.07 Å². The molecule has 1 aliphatic rings. The number of piperidine rings is 1. The normalized spacial score (nSPS) is 15.8. The third-order valence-electron chi connectivity index (χ3n) is 6.39. The van der Waals surface area contributed by atoms with Crippen LogP contribution in [0.3, 0.4) is 0 Å². The van der Waals surface area contributed by atoms with E-state index in [0.717, 1.165) is 54.4 Å². The van der Waals surface area contributed by atoms with Gasteiger partial charge in [0.2, 0.25) is 0 Å². The van der Waals surface area contributed by atoms with Crippen LogP contribution in [0.4, 0.5) is 4.39 Å². The van der Waals surface area contributed by atoms with Gasteiger partial charge in [0.05, 0.1) is 11.3 Å². The lowest BCUT2D eigenvalue weighted by Crippen LogP contribution is -2.40. The molecule has 3 aromatic heterocycles. The molecule has 1 aromatic carbocycles. The van der Waals surface area contributed by atoms with Crippen LogP contribution in [0.1, 0.15) is 45.8 Å². The van der Waals surface area contributed by atoms with Crippen molar-refractivity contribution in [2.75, 3.05) is 13.1 Å². The van der Waals surface area contributed by atoms with Gasteiger partial charge in [-0.1, -0.05) is 18.2 Å². The van der Waals surface area contributed by atoms with E-state index in [2.05, 4.69) is 24.9 Å². The van der Waals surface area contributed by atoms with Gasteiger partial charge in [-0.2, -0.15) is 0 Å². The largest absolute Gasteiger partial charge is 0.341 e. The van der Waals surface area contributed by atoms with E-state index in [-0.39, 0.29) is 17.6 Å². The highest BCUT2D eigenvalue weighted by molar-refractivity contribution is 5.94. The van der Waals surface area contributed by atoms with Gasteiger partial charge in [-0.15, -0.1) is 0 Å². The fourth-order valence-electron chi connectivity index (χ4n) is 4.61. The van der Waals surface area contributed by atoms with Gasteiger partial charge in [-0.25, -0.2) is 14.4 Å². The van der Waals surface area contributed by atoms with Crippen LogP contribution in [-0.4, -0.2) is 48.8 Å². The molecule has 1 aliphatic heterocycles. The number of halogens is 1. The molecule has 4 heterocycles. The molecule has 0 bridgehead atoms.